The quantitative estimate of drug-likeness (QED) is 0.400. The van der Waals surface area contributed by atoms with Crippen molar-refractivity contribution in [2.75, 3.05) is 6.54 Å². The summed E-state index contributed by atoms with van der Waals surface area (Å²) in [6.45, 7) is 3.38. The van der Waals surface area contributed by atoms with Gasteiger partial charge in [0.1, 0.15) is 11.7 Å². The van der Waals surface area contributed by atoms with Crippen LogP contribution in [-0.2, 0) is 9.59 Å². The Bertz CT molecular complexity index is 257. The Morgan fingerprint density at radius 2 is 1.93 bits per heavy atom. The number of hydrogen-bond donors (Lipinski definition) is 1. The highest BCUT2D eigenvalue weighted by molar-refractivity contribution is 5.97. The van der Waals surface area contributed by atoms with Gasteiger partial charge < -0.3 is 5.11 Å². The number of carboxylic acids is 1. The molecule has 1 unspecified atom stereocenters. The van der Waals surface area contributed by atoms with Gasteiger partial charge in [0.25, 0.3) is 0 Å². The number of nitro groups is 1. The van der Waals surface area contributed by atoms with E-state index in [-0.39, 0.29) is 0 Å². The van der Waals surface area contributed by atoms with Gasteiger partial charge in [0.2, 0.25) is 6.54 Å². The van der Waals surface area contributed by atoms with E-state index < -0.39 is 34.6 Å². The average Bonchev–Trinajstić information content (AvgIpc) is 1.77. The number of carbonyl (C=O) groups excluding carboxylic acids is 1. The molecule has 0 saturated heterocycles. The fourth-order valence-corrected chi connectivity index (χ4v) is 1.48. The summed E-state index contributed by atoms with van der Waals surface area (Å²) in [5.41, 5.74) is -1.17. The van der Waals surface area contributed by atoms with Gasteiger partial charge in [0, 0.05) is 10.3 Å². The molecule has 0 aliphatic heterocycles. The van der Waals surface area contributed by atoms with Gasteiger partial charge in [-0.25, -0.2) is 0 Å². The maximum Gasteiger partial charge on any atom is 0.314 e. The van der Waals surface area contributed by atoms with Crippen molar-refractivity contribution in [1.29, 1.82) is 0 Å². The minimum atomic E-state index is -1.33. The van der Waals surface area contributed by atoms with Crippen molar-refractivity contribution in [3.8, 4) is 0 Å². The van der Waals surface area contributed by atoms with E-state index in [9.17, 15) is 19.7 Å². The summed E-state index contributed by atoms with van der Waals surface area (Å²) >= 11 is 0. The number of aliphatic carboxylic acids is 1. The minimum absolute atomic E-state index is 0.538. The number of carbonyl (C=O) groups is 2. The lowest BCUT2D eigenvalue weighted by molar-refractivity contribution is -0.496. The molecule has 0 spiro atoms. The second-order valence-corrected chi connectivity index (χ2v) is 3.86. The number of ketones is 1. The number of carboxylic acid groups (broad SMARTS) is 1. The first kappa shape index (κ1) is 12.5. The fraction of sp³-hybridized carbons (Fsp3) is 0.750. The molecule has 6 nitrogen and oxygen atoms in total. The number of Topliss-reactive ketones (excluding diaryl/α,β-unsaturated/α-hetero) is 1. The highest BCUT2D eigenvalue weighted by Gasteiger charge is 2.42. The van der Waals surface area contributed by atoms with Crippen LogP contribution in [0.4, 0.5) is 0 Å². The summed E-state index contributed by atoms with van der Waals surface area (Å²) in [4.78, 5) is 31.4. The third-order valence-corrected chi connectivity index (χ3v) is 1.97. The van der Waals surface area contributed by atoms with Crippen LogP contribution in [0.25, 0.3) is 0 Å². The van der Waals surface area contributed by atoms with Crippen LogP contribution in [0.1, 0.15) is 20.8 Å². The number of hydrogen-bond acceptors (Lipinski definition) is 4. The summed E-state index contributed by atoms with van der Waals surface area (Å²) in [7, 11) is 0. The van der Waals surface area contributed by atoms with Crippen LogP contribution in [0.15, 0.2) is 0 Å². The molecule has 0 aliphatic rings. The lowest BCUT2D eigenvalue weighted by Crippen LogP contribution is -2.40. The van der Waals surface area contributed by atoms with Crippen LogP contribution < -0.4 is 0 Å². The summed E-state index contributed by atoms with van der Waals surface area (Å²) in [6.07, 6.45) is 0. The molecule has 0 radical (unpaired) electrons. The standard InChI is InChI=1S/C8H13NO5/c1-5(10)6(7(11)12)8(2,3)4-9(13)14/h6H,4H2,1-3H3,(H,11,12). The maximum atomic E-state index is 11.0. The van der Waals surface area contributed by atoms with Gasteiger partial charge in [-0.3, -0.25) is 19.7 Å². The van der Waals surface area contributed by atoms with Gasteiger partial charge in [-0.1, -0.05) is 13.8 Å². The summed E-state index contributed by atoms with van der Waals surface area (Å²) in [5.74, 6) is -3.21. The fourth-order valence-electron chi connectivity index (χ4n) is 1.48. The highest BCUT2D eigenvalue weighted by atomic mass is 16.6. The minimum Gasteiger partial charge on any atom is -0.481 e. The third-order valence-electron chi connectivity index (χ3n) is 1.97. The van der Waals surface area contributed by atoms with Crippen molar-refractivity contribution in [2.45, 2.75) is 20.8 Å². The molecular formula is C8H13NO5. The third kappa shape index (κ3) is 3.12. The van der Waals surface area contributed by atoms with E-state index in [1.165, 1.54) is 13.8 Å². The first-order valence-corrected chi connectivity index (χ1v) is 4.03. The lowest BCUT2D eigenvalue weighted by Gasteiger charge is -2.25. The van der Waals surface area contributed by atoms with E-state index in [1.54, 1.807) is 0 Å². The van der Waals surface area contributed by atoms with Crippen molar-refractivity contribution < 1.29 is 19.6 Å². The second kappa shape index (κ2) is 4.17. The Morgan fingerprint density at radius 3 is 2.14 bits per heavy atom. The molecular weight excluding hydrogens is 190 g/mol. The van der Waals surface area contributed by atoms with E-state index in [4.69, 9.17) is 5.11 Å². The monoisotopic (exact) mass is 203 g/mol. The Morgan fingerprint density at radius 1 is 1.50 bits per heavy atom. The van der Waals surface area contributed by atoms with E-state index in [2.05, 4.69) is 0 Å². The molecule has 14 heavy (non-hydrogen) atoms. The average molecular weight is 203 g/mol. The molecule has 1 N–H and O–H groups in total. The molecule has 0 saturated carbocycles. The molecule has 0 rings (SSSR count). The Hall–Kier alpha value is -1.46. The molecule has 0 bridgehead atoms. The smallest absolute Gasteiger partial charge is 0.314 e. The Labute approximate surface area is 81.1 Å². The normalized spacial score (nSPS) is 13.4. The Balaban J connectivity index is 4.89. The predicted octanol–water partition coefficient (Wildman–Crippen LogP) is 0.579. The van der Waals surface area contributed by atoms with Crippen LogP contribution in [0.3, 0.4) is 0 Å². The molecule has 6 heteroatoms. The maximum absolute atomic E-state index is 11.0. The largest absolute Gasteiger partial charge is 0.481 e. The van der Waals surface area contributed by atoms with Gasteiger partial charge >= 0.3 is 5.97 Å². The summed E-state index contributed by atoms with van der Waals surface area (Å²) in [6, 6.07) is 0. The van der Waals surface area contributed by atoms with Gasteiger partial charge in [0.05, 0.1) is 0 Å². The number of nitrogens with zero attached hydrogens (tertiary/aromatic N) is 1. The van der Waals surface area contributed by atoms with Crippen LogP contribution >= 0.6 is 0 Å². The topological polar surface area (TPSA) is 97.5 Å². The molecule has 0 aliphatic carbocycles. The van der Waals surface area contributed by atoms with Gasteiger partial charge in [-0.05, 0) is 6.92 Å². The molecule has 0 aromatic rings. The SMILES string of the molecule is CC(=O)C(C(=O)O)C(C)(C)C[N+](=O)[O-]. The van der Waals surface area contributed by atoms with Gasteiger partial charge in [0.15, 0.2) is 0 Å². The van der Waals surface area contributed by atoms with Crippen LogP contribution in [0.5, 0.6) is 0 Å². The first-order chi connectivity index (χ1) is 6.18. The molecule has 0 fully saturated rings. The van der Waals surface area contributed by atoms with E-state index >= 15 is 0 Å². The van der Waals surface area contributed by atoms with Crippen LogP contribution in [0.2, 0.25) is 0 Å². The Kier molecular flexibility index (Phi) is 3.73. The molecule has 1 atom stereocenters. The van der Waals surface area contributed by atoms with Crippen molar-refractivity contribution in [2.24, 2.45) is 11.3 Å². The summed E-state index contributed by atoms with van der Waals surface area (Å²) in [5, 5.41) is 19.0. The molecule has 80 valence electrons. The van der Waals surface area contributed by atoms with Crippen molar-refractivity contribution in [3.63, 3.8) is 0 Å². The van der Waals surface area contributed by atoms with Crippen LogP contribution in [-0.4, -0.2) is 28.3 Å². The zero-order chi connectivity index (χ0) is 11.5. The van der Waals surface area contributed by atoms with Crippen molar-refractivity contribution >= 4 is 11.8 Å². The second-order valence-electron chi connectivity index (χ2n) is 3.86. The summed E-state index contributed by atoms with van der Waals surface area (Å²) < 4.78 is 0. The molecule has 0 aromatic carbocycles. The predicted molar refractivity (Wildman–Crippen MR) is 47.4 cm³/mol. The number of rotatable bonds is 5. The molecule has 0 heterocycles. The molecule has 0 amide bonds. The molecule has 0 aromatic heterocycles. The van der Waals surface area contributed by atoms with E-state index in [0.717, 1.165) is 6.92 Å². The lowest BCUT2D eigenvalue weighted by atomic mass is 9.77. The zero-order valence-electron chi connectivity index (χ0n) is 8.31. The van der Waals surface area contributed by atoms with Gasteiger partial charge in [-0.2, -0.15) is 0 Å². The van der Waals surface area contributed by atoms with Gasteiger partial charge in [-0.15, -0.1) is 0 Å². The van der Waals surface area contributed by atoms with E-state index in [0.29, 0.717) is 0 Å². The highest BCUT2D eigenvalue weighted by Crippen LogP contribution is 2.28. The van der Waals surface area contributed by atoms with E-state index in [1.807, 2.05) is 0 Å². The van der Waals surface area contributed by atoms with Crippen LogP contribution in [0, 0.1) is 21.4 Å². The zero-order valence-corrected chi connectivity index (χ0v) is 8.31. The van der Waals surface area contributed by atoms with Crippen molar-refractivity contribution in [1.82, 2.24) is 0 Å². The first-order valence-electron chi connectivity index (χ1n) is 4.03. The van der Waals surface area contributed by atoms with Crippen molar-refractivity contribution in [3.05, 3.63) is 10.1 Å².